The number of ether oxygens (including phenoxy) is 2. The number of hydrogen-bond donors (Lipinski definition) is 3. The number of halogens is 1. The first-order chi connectivity index (χ1) is 20.9. The number of methoxy groups -OCH3 is 1. The Morgan fingerprint density at radius 1 is 1.05 bits per heavy atom. The second-order valence-electron chi connectivity index (χ2n) is 10.9. The summed E-state index contributed by atoms with van der Waals surface area (Å²) in [6.45, 7) is 6.71. The van der Waals surface area contributed by atoms with Crippen LogP contribution < -0.4 is 20.8 Å². The first-order valence-electron chi connectivity index (χ1n) is 14.6. The smallest absolute Gasteiger partial charge is 0.276 e. The summed E-state index contributed by atoms with van der Waals surface area (Å²) in [5, 5.41) is 14.7. The molecular weight excluding hydrogens is 566 g/mol. The van der Waals surface area contributed by atoms with Gasteiger partial charge in [0.1, 0.15) is 5.75 Å². The zero-order valence-electron chi connectivity index (χ0n) is 24.6. The van der Waals surface area contributed by atoms with Crippen molar-refractivity contribution in [1.82, 2.24) is 25.7 Å². The Morgan fingerprint density at radius 3 is 2.49 bits per heavy atom. The minimum Gasteiger partial charge on any atom is -0.497 e. The number of nitrogens with zero attached hydrogens (tertiary/aromatic N) is 2. The molecule has 3 aromatic carbocycles. The number of aromatic nitrogens is 2. The predicted octanol–water partition coefficient (Wildman–Crippen LogP) is 4.46. The molecule has 0 spiro atoms. The summed E-state index contributed by atoms with van der Waals surface area (Å²) < 4.78 is 10.8. The van der Waals surface area contributed by atoms with Crippen LogP contribution in [0, 0.1) is 0 Å². The van der Waals surface area contributed by atoms with Gasteiger partial charge in [0.05, 0.1) is 31.2 Å². The van der Waals surface area contributed by atoms with Gasteiger partial charge in [0, 0.05) is 43.8 Å². The highest BCUT2D eigenvalue weighted by molar-refractivity contribution is 6.30. The summed E-state index contributed by atoms with van der Waals surface area (Å²) in [4.78, 5) is 29.0. The quantitative estimate of drug-likeness (QED) is 0.219. The zero-order chi connectivity index (χ0) is 30.2. The maximum Gasteiger partial charge on any atom is 0.276 e. The Bertz CT molecular complexity index is 1580. The van der Waals surface area contributed by atoms with Crippen LogP contribution in [0.1, 0.15) is 46.1 Å². The molecule has 0 aliphatic carbocycles. The van der Waals surface area contributed by atoms with Crippen LogP contribution in [-0.4, -0.2) is 60.5 Å². The number of carbonyl (C=O) groups is 1. The number of amides is 1. The van der Waals surface area contributed by atoms with Gasteiger partial charge < -0.3 is 20.1 Å². The Labute approximate surface area is 256 Å². The van der Waals surface area contributed by atoms with Gasteiger partial charge in [-0.2, -0.15) is 5.10 Å². The first-order valence-corrected chi connectivity index (χ1v) is 15.0. The lowest BCUT2D eigenvalue weighted by molar-refractivity contribution is 0.0342. The SMILES string of the molecule is COc1ccc(CCC(C)NCc2cc(CN3CCOCC3)cc3c(=O)c(C(=O)NCc4ccc(Cl)cc4)n[nH]c23)cc1. The molecule has 1 amide bonds. The van der Waals surface area contributed by atoms with E-state index < -0.39 is 5.91 Å². The molecule has 9 nitrogen and oxygen atoms in total. The number of rotatable bonds is 12. The third-order valence-corrected chi connectivity index (χ3v) is 8.03. The van der Waals surface area contributed by atoms with Gasteiger partial charge in [0.25, 0.3) is 5.91 Å². The maximum atomic E-state index is 13.6. The van der Waals surface area contributed by atoms with E-state index in [-0.39, 0.29) is 23.7 Å². The Morgan fingerprint density at radius 2 is 1.77 bits per heavy atom. The summed E-state index contributed by atoms with van der Waals surface area (Å²) in [5.74, 6) is 0.326. The third kappa shape index (κ3) is 8.20. The fourth-order valence-corrected chi connectivity index (χ4v) is 5.33. The number of nitrogens with one attached hydrogen (secondary N) is 3. The highest BCUT2D eigenvalue weighted by atomic mass is 35.5. The van der Waals surface area contributed by atoms with Gasteiger partial charge in [0.2, 0.25) is 5.43 Å². The van der Waals surface area contributed by atoms with Crippen molar-refractivity contribution in [2.24, 2.45) is 0 Å². The standard InChI is InChI=1S/C33H38ClN5O4/c1-22(3-4-23-7-11-28(42-2)12-8-23)35-20-26-17-25(21-39-13-15-43-16-14-39)18-29-30(26)37-38-31(32(29)40)33(41)36-19-24-5-9-27(34)10-6-24/h5-12,17-18,22,35H,3-4,13-16,19-21H2,1-2H3,(H,36,41)(H,37,40). The van der Waals surface area contributed by atoms with Crippen LogP contribution in [0.15, 0.2) is 65.5 Å². The summed E-state index contributed by atoms with van der Waals surface area (Å²) >= 11 is 5.96. The Balaban J connectivity index is 1.33. The van der Waals surface area contributed by atoms with E-state index in [1.54, 1.807) is 19.2 Å². The molecule has 43 heavy (non-hydrogen) atoms. The van der Waals surface area contributed by atoms with Crippen molar-refractivity contribution in [3.63, 3.8) is 0 Å². The van der Waals surface area contributed by atoms with Crippen LogP contribution in [0.5, 0.6) is 5.75 Å². The van der Waals surface area contributed by atoms with E-state index in [0.717, 1.165) is 48.4 Å². The molecule has 3 N–H and O–H groups in total. The molecule has 1 aliphatic rings. The van der Waals surface area contributed by atoms with Gasteiger partial charge in [-0.3, -0.25) is 19.6 Å². The second-order valence-corrected chi connectivity index (χ2v) is 11.4. The average molecular weight is 604 g/mol. The highest BCUT2D eigenvalue weighted by Gasteiger charge is 2.19. The molecule has 1 aromatic heterocycles. The predicted molar refractivity (Wildman–Crippen MR) is 169 cm³/mol. The average Bonchev–Trinajstić information content (AvgIpc) is 3.03. The lowest BCUT2D eigenvalue weighted by Gasteiger charge is -2.27. The monoisotopic (exact) mass is 603 g/mol. The van der Waals surface area contributed by atoms with Crippen LogP contribution in [0.3, 0.4) is 0 Å². The molecule has 1 unspecified atom stereocenters. The van der Waals surface area contributed by atoms with Gasteiger partial charge >= 0.3 is 0 Å². The van der Waals surface area contributed by atoms with E-state index in [9.17, 15) is 9.59 Å². The fraction of sp³-hybridized carbons (Fsp3) is 0.364. The summed E-state index contributed by atoms with van der Waals surface area (Å²) in [7, 11) is 1.67. The normalized spacial score (nSPS) is 14.5. The topological polar surface area (TPSA) is 109 Å². The van der Waals surface area contributed by atoms with Gasteiger partial charge in [-0.25, -0.2) is 0 Å². The molecule has 1 aliphatic heterocycles. The number of hydrogen-bond acceptors (Lipinski definition) is 7. The van der Waals surface area contributed by atoms with Gasteiger partial charge in [-0.15, -0.1) is 0 Å². The number of aromatic amines is 1. The number of carbonyl (C=O) groups excluding carboxylic acids is 1. The molecule has 1 saturated heterocycles. The van der Waals surface area contributed by atoms with E-state index >= 15 is 0 Å². The zero-order valence-corrected chi connectivity index (χ0v) is 25.4. The molecule has 0 saturated carbocycles. The number of benzene rings is 3. The van der Waals surface area contributed by atoms with E-state index in [1.807, 2.05) is 30.3 Å². The van der Waals surface area contributed by atoms with Crippen molar-refractivity contribution < 1.29 is 14.3 Å². The van der Waals surface area contributed by atoms with E-state index in [2.05, 4.69) is 50.9 Å². The second kappa shape index (κ2) is 14.6. The molecule has 2 heterocycles. The first kappa shape index (κ1) is 30.7. The minimum atomic E-state index is -0.525. The fourth-order valence-electron chi connectivity index (χ4n) is 5.20. The summed E-state index contributed by atoms with van der Waals surface area (Å²) in [6.07, 6.45) is 1.88. The molecule has 5 rings (SSSR count). The number of morpholine rings is 1. The number of fused-ring (bicyclic) bond motifs is 1. The minimum absolute atomic E-state index is 0.156. The van der Waals surface area contributed by atoms with Gasteiger partial charge in [-0.05, 0) is 72.4 Å². The highest BCUT2D eigenvalue weighted by Crippen LogP contribution is 2.20. The van der Waals surface area contributed by atoms with E-state index in [1.165, 1.54) is 5.56 Å². The van der Waals surface area contributed by atoms with Crippen molar-refractivity contribution >= 4 is 28.4 Å². The molecule has 4 aromatic rings. The van der Waals surface area contributed by atoms with E-state index in [4.69, 9.17) is 21.1 Å². The Kier molecular flexibility index (Phi) is 10.4. The van der Waals surface area contributed by atoms with Crippen LogP contribution in [0.25, 0.3) is 10.9 Å². The number of aryl methyl sites for hydroxylation is 1. The largest absolute Gasteiger partial charge is 0.497 e. The van der Waals surface area contributed by atoms with Crippen molar-refractivity contribution in [1.29, 1.82) is 0 Å². The molecule has 226 valence electrons. The van der Waals surface area contributed by atoms with Crippen molar-refractivity contribution in [3.05, 3.63) is 104 Å². The lowest BCUT2D eigenvalue weighted by Crippen LogP contribution is -2.35. The van der Waals surface area contributed by atoms with Gasteiger partial charge in [-0.1, -0.05) is 41.9 Å². The summed E-state index contributed by atoms with van der Waals surface area (Å²) in [6, 6.07) is 19.6. The molecule has 1 fully saturated rings. The number of H-pyrrole nitrogens is 1. The van der Waals surface area contributed by atoms with Gasteiger partial charge in [0.15, 0.2) is 5.69 Å². The Hall–Kier alpha value is -3.76. The molecule has 1 atom stereocenters. The van der Waals surface area contributed by atoms with Crippen LogP contribution in [-0.2, 0) is 30.8 Å². The molecular formula is C33H38ClN5O4. The molecule has 10 heteroatoms. The van der Waals surface area contributed by atoms with Crippen LogP contribution >= 0.6 is 11.6 Å². The van der Waals surface area contributed by atoms with Crippen molar-refractivity contribution in [3.8, 4) is 5.75 Å². The maximum absolute atomic E-state index is 13.6. The molecule has 0 radical (unpaired) electrons. The third-order valence-electron chi connectivity index (χ3n) is 7.78. The van der Waals surface area contributed by atoms with Crippen molar-refractivity contribution in [2.75, 3.05) is 33.4 Å². The lowest BCUT2D eigenvalue weighted by atomic mass is 10.0. The molecule has 0 bridgehead atoms. The van der Waals surface area contributed by atoms with Crippen molar-refractivity contribution in [2.45, 2.75) is 45.4 Å². The van der Waals surface area contributed by atoms with E-state index in [0.29, 0.717) is 42.2 Å². The van der Waals surface area contributed by atoms with Crippen LogP contribution in [0.4, 0.5) is 0 Å². The summed E-state index contributed by atoms with van der Waals surface area (Å²) in [5.41, 5.74) is 4.17. The van der Waals surface area contributed by atoms with Crippen LogP contribution in [0.2, 0.25) is 5.02 Å².